The van der Waals surface area contributed by atoms with Gasteiger partial charge in [0.05, 0.1) is 9.50 Å². The van der Waals surface area contributed by atoms with Gasteiger partial charge in [-0.2, -0.15) is 0 Å². The fraction of sp³-hybridized carbons (Fsp3) is 0.333. The van der Waals surface area contributed by atoms with Crippen LogP contribution in [-0.4, -0.2) is 37.1 Å². The third kappa shape index (κ3) is 4.65. The Kier molecular flexibility index (Phi) is 6.32. The monoisotopic (exact) mass is 439 g/mol. The molecule has 0 bridgehead atoms. The molecule has 1 saturated heterocycles. The fourth-order valence-electron chi connectivity index (χ4n) is 2.90. The highest BCUT2D eigenvalue weighted by atomic mass is 79.9. The van der Waals surface area contributed by atoms with Gasteiger partial charge in [0, 0.05) is 38.9 Å². The standard InChI is InChI=1S/C18H20BrClFN5/c1-22-18(24-10-12-4-5-14(19)16(21)9-12)25-13-6-8-26(11-13)17-15(20)3-2-7-23-17/h2-5,7,9,13H,6,8,10-11H2,1H3,(H2,22,24,25). The molecule has 8 heteroatoms. The summed E-state index contributed by atoms with van der Waals surface area (Å²) in [5.74, 6) is 1.23. The van der Waals surface area contributed by atoms with Crippen LogP contribution in [0.25, 0.3) is 0 Å². The maximum Gasteiger partial charge on any atom is 0.191 e. The van der Waals surface area contributed by atoms with Crippen molar-refractivity contribution in [2.75, 3.05) is 25.0 Å². The Morgan fingerprint density at radius 3 is 3.04 bits per heavy atom. The third-order valence-corrected chi connectivity index (χ3v) is 5.17. The Morgan fingerprint density at radius 1 is 1.46 bits per heavy atom. The molecule has 2 aromatic rings. The van der Waals surface area contributed by atoms with Crippen LogP contribution in [-0.2, 0) is 6.54 Å². The molecule has 0 radical (unpaired) electrons. The molecule has 1 aromatic heterocycles. The van der Waals surface area contributed by atoms with Gasteiger partial charge in [0.15, 0.2) is 5.96 Å². The largest absolute Gasteiger partial charge is 0.353 e. The van der Waals surface area contributed by atoms with Crippen LogP contribution in [0.2, 0.25) is 5.02 Å². The highest BCUT2D eigenvalue weighted by Crippen LogP contribution is 2.25. The lowest BCUT2D eigenvalue weighted by Gasteiger charge is -2.20. The maximum atomic E-state index is 13.6. The second kappa shape index (κ2) is 8.68. The maximum absolute atomic E-state index is 13.6. The molecule has 1 atom stereocenters. The van der Waals surface area contributed by atoms with Crippen molar-refractivity contribution in [3.63, 3.8) is 0 Å². The molecule has 3 rings (SSSR count). The van der Waals surface area contributed by atoms with Crippen LogP contribution in [0, 0.1) is 5.82 Å². The molecular formula is C18H20BrClFN5. The van der Waals surface area contributed by atoms with Crippen molar-refractivity contribution < 1.29 is 4.39 Å². The highest BCUT2D eigenvalue weighted by molar-refractivity contribution is 9.10. The lowest BCUT2D eigenvalue weighted by molar-refractivity contribution is 0.616. The molecule has 0 saturated carbocycles. The molecular weight excluding hydrogens is 421 g/mol. The summed E-state index contributed by atoms with van der Waals surface area (Å²) in [5.41, 5.74) is 0.849. The first-order valence-electron chi connectivity index (χ1n) is 8.33. The first-order valence-corrected chi connectivity index (χ1v) is 9.50. The van der Waals surface area contributed by atoms with Crippen molar-refractivity contribution in [2.45, 2.75) is 19.0 Å². The average Bonchev–Trinajstić information content (AvgIpc) is 3.10. The van der Waals surface area contributed by atoms with Crippen molar-refractivity contribution in [2.24, 2.45) is 4.99 Å². The molecule has 1 aliphatic heterocycles. The number of halogens is 3. The number of aromatic nitrogens is 1. The average molecular weight is 441 g/mol. The minimum Gasteiger partial charge on any atom is -0.353 e. The summed E-state index contributed by atoms with van der Waals surface area (Å²) in [6.45, 7) is 2.17. The van der Waals surface area contributed by atoms with E-state index in [0.717, 1.165) is 30.9 Å². The molecule has 2 heterocycles. The number of pyridine rings is 1. The number of rotatable bonds is 4. The lowest BCUT2D eigenvalue weighted by Crippen LogP contribution is -2.44. The van der Waals surface area contributed by atoms with E-state index in [1.54, 1.807) is 19.3 Å². The number of anilines is 1. The van der Waals surface area contributed by atoms with Crippen molar-refractivity contribution in [1.29, 1.82) is 0 Å². The van der Waals surface area contributed by atoms with Gasteiger partial charge >= 0.3 is 0 Å². The second-order valence-corrected chi connectivity index (χ2v) is 7.32. The van der Waals surface area contributed by atoms with Crippen LogP contribution >= 0.6 is 27.5 Å². The van der Waals surface area contributed by atoms with Gasteiger partial charge in [0.1, 0.15) is 11.6 Å². The predicted octanol–water partition coefficient (Wildman–Crippen LogP) is 3.58. The minimum absolute atomic E-state index is 0.237. The van der Waals surface area contributed by atoms with E-state index in [1.165, 1.54) is 6.07 Å². The molecule has 5 nitrogen and oxygen atoms in total. The van der Waals surface area contributed by atoms with E-state index in [-0.39, 0.29) is 11.9 Å². The van der Waals surface area contributed by atoms with Crippen molar-refractivity contribution in [3.8, 4) is 0 Å². The van der Waals surface area contributed by atoms with Gasteiger partial charge in [-0.1, -0.05) is 17.7 Å². The first-order chi connectivity index (χ1) is 12.6. The highest BCUT2D eigenvalue weighted by Gasteiger charge is 2.25. The summed E-state index contributed by atoms with van der Waals surface area (Å²) in [5, 5.41) is 7.29. The number of guanidine groups is 1. The number of benzene rings is 1. The molecule has 0 spiro atoms. The van der Waals surface area contributed by atoms with Gasteiger partial charge in [0.2, 0.25) is 0 Å². The normalized spacial score (nSPS) is 17.5. The van der Waals surface area contributed by atoms with E-state index in [9.17, 15) is 4.39 Å². The number of hydrogen-bond acceptors (Lipinski definition) is 3. The Bertz CT molecular complexity index is 801. The molecule has 1 unspecified atom stereocenters. The van der Waals surface area contributed by atoms with Crippen LogP contribution in [0.4, 0.5) is 10.2 Å². The van der Waals surface area contributed by atoms with Gasteiger partial charge in [0.25, 0.3) is 0 Å². The summed E-state index contributed by atoms with van der Waals surface area (Å²) in [7, 11) is 1.72. The van der Waals surface area contributed by atoms with E-state index >= 15 is 0 Å². The van der Waals surface area contributed by atoms with Crippen molar-refractivity contribution in [3.05, 3.63) is 57.4 Å². The Hall–Kier alpha value is -1.86. The SMILES string of the molecule is CN=C(NCc1ccc(Br)c(F)c1)NC1CCN(c2ncccc2Cl)C1. The first kappa shape index (κ1) is 18.9. The van der Waals surface area contributed by atoms with Crippen LogP contribution in [0.15, 0.2) is 46.0 Å². The van der Waals surface area contributed by atoms with Crippen LogP contribution in [0.5, 0.6) is 0 Å². The molecule has 1 aromatic carbocycles. The Labute approximate surface area is 165 Å². The smallest absolute Gasteiger partial charge is 0.191 e. The molecule has 0 aliphatic carbocycles. The van der Waals surface area contributed by atoms with Crippen LogP contribution < -0.4 is 15.5 Å². The fourth-order valence-corrected chi connectivity index (χ4v) is 3.39. The van der Waals surface area contributed by atoms with Gasteiger partial charge in [-0.15, -0.1) is 0 Å². The summed E-state index contributed by atoms with van der Waals surface area (Å²) in [4.78, 5) is 10.8. The Morgan fingerprint density at radius 2 is 2.31 bits per heavy atom. The van der Waals surface area contributed by atoms with Crippen LogP contribution in [0.1, 0.15) is 12.0 Å². The predicted molar refractivity (Wildman–Crippen MR) is 107 cm³/mol. The van der Waals surface area contributed by atoms with Crippen molar-refractivity contribution >= 4 is 39.3 Å². The van der Waals surface area contributed by atoms with Crippen molar-refractivity contribution in [1.82, 2.24) is 15.6 Å². The topological polar surface area (TPSA) is 52.6 Å². The molecule has 1 fully saturated rings. The van der Waals surface area contributed by atoms with E-state index in [1.807, 2.05) is 18.2 Å². The molecule has 138 valence electrons. The van der Waals surface area contributed by atoms with Gasteiger partial charge < -0.3 is 15.5 Å². The quantitative estimate of drug-likeness (QED) is 0.564. The van der Waals surface area contributed by atoms with E-state index in [0.29, 0.717) is 22.0 Å². The minimum atomic E-state index is -0.272. The molecule has 2 N–H and O–H groups in total. The van der Waals surface area contributed by atoms with E-state index in [2.05, 4.69) is 41.4 Å². The van der Waals surface area contributed by atoms with Gasteiger partial charge in [-0.05, 0) is 52.2 Å². The van der Waals surface area contributed by atoms with E-state index < -0.39 is 0 Å². The molecule has 1 aliphatic rings. The third-order valence-electron chi connectivity index (χ3n) is 4.24. The second-order valence-electron chi connectivity index (χ2n) is 6.06. The zero-order chi connectivity index (χ0) is 18.5. The zero-order valence-corrected chi connectivity index (χ0v) is 16.7. The summed E-state index contributed by atoms with van der Waals surface area (Å²) < 4.78 is 14.1. The van der Waals surface area contributed by atoms with Gasteiger partial charge in [-0.25, -0.2) is 9.37 Å². The summed E-state index contributed by atoms with van der Waals surface area (Å²) in [6.07, 6.45) is 2.71. The Balaban J connectivity index is 1.54. The number of nitrogens with zero attached hydrogens (tertiary/aromatic N) is 3. The van der Waals surface area contributed by atoms with E-state index in [4.69, 9.17) is 11.6 Å². The lowest BCUT2D eigenvalue weighted by atomic mass is 10.2. The summed E-state index contributed by atoms with van der Waals surface area (Å²) in [6, 6.07) is 8.99. The zero-order valence-electron chi connectivity index (χ0n) is 14.3. The van der Waals surface area contributed by atoms with Crippen LogP contribution in [0.3, 0.4) is 0 Å². The number of aliphatic imine (C=N–C) groups is 1. The summed E-state index contributed by atoms with van der Waals surface area (Å²) >= 11 is 9.39. The number of nitrogens with one attached hydrogen (secondary N) is 2. The molecule has 0 amide bonds. The molecule has 26 heavy (non-hydrogen) atoms. The van der Waals surface area contributed by atoms with Gasteiger partial charge in [-0.3, -0.25) is 4.99 Å². The number of hydrogen-bond donors (Lipinski definition) is 2.